The van der Waals surface area contributed by atoms with E-state index in [9.17, 15) is 4.79 Å². The molecule has 1 N–H and O–H groups in total. The summed E-state index contributed by atoms with van der Waals surface area (Å²) in [5.74, 6) is 2.01. The van der Waals surface area contributed by atoms with Crippen LogP contribution in [0.15, 0.2) is 11.4 Å². The summed E-state index contributed by atoms with van der Waals surface area (Å²) in [7, 11) is 1.68. The van der Waals surface area contributed by atoms with Gasteiger partial charge in [-0.3, -0.25) is 9.89 Å². The van der Waals surface area contributed by atoms with Gasteiger partial charge in [-0.1, -0.05) is 0 Å². The van der Waals surface area contributed by atoms with Crippen molar-refractivity contribution >= 4 is 17.2 Å². The second-order valence-electron chi connectivity index (χ2n) is 5.91. The number of methoxy groups -OCH3 is 1. The molecule has 0 aromatic carbocycles. The van der Waals surface area contributed by atoms with Crippen molar-refractivity contribution < 1.29 is 9.53 Å². The fourth-order valence-electron chi connectivity index (χ4n) is 2.91. The fourth-order valence-corrected chi connectivity index (χ4v) is 3.80. The van der Waals surface area contributed by atoms with Crippen LogP contribution in [0.5, 0.6) is 0 Å². The molecule has 2 aromatic heterocycles. The number of rotatable bonds is 5. The van der Waals surface area contributed by atoms with Gasteiger partial charge < -0.3 is 9.64 Å². The van der Waals surface area contributed by atoms with E-state index < -0.39 is 0 Å². The Labute approximate surface area is 139 Å². The summed E-state index contributed by atoms with van der Waals surface area (Å²) in [5, 5.41) is 9.29. The van der Waals surface area contributed by atoms with Crippen molar-refractivity contribution in [3.8, 4) is 0 Å². The molecule has 1 saturated heterocycles. The fraction of sp³-hybridized carbons (Fsp3) is 0.562. The Balaban J connectivity index is 1.67. The van der Waals surface area contributed by atoms with Gasteiger partial charge in [0.25, 0.3) is 5.91 Å². The molecule has 124 valence electrons. The lowest BCUT2D eigenvalue weighted by Gasteiger charge is -2.31. The molecule has 1 atom stereocenters. The van der Waals surface area contributed by atoms with Crippen LogP contribution in [0.2, 0.25) is 0 Å². The van der Waals surface area contributed by atoms with E-state index in [0.717, 1.165) is 47.9 Å². The van der Waals surface area contributed by atoms with Gasteiger partial charge in [-0.15, -0.1) is 11.3 Å². The zero-order chi connectivity index (χ0) is 16.2. The highest BCUT2D eigenvalue weighted by molar-refractivity contribution is 7.12. The van der Waals surface area contributed by atoms with Crippen LogP contribution >= 0.6 is 11.3 Å². The van der Waals surface area contributed by atoms with Crippen LogP contribution in [0.1, 0.15) is 45.6 Å². The van der Waals surface area contributed by atoms with Crippen LogP contribution in [0, 0.1) is 6.92 Å². The Morgan fingerprint density at radius 2 is 2.43 bits per heavy atom. The molecular weight excluding hydrogens is 312 g/mol. The van der Waals surface area contributed by atoms with Gasteiger partial charge in [0, 0.05) is 32.5 Å². The monoisotopic (exact) mass is 334 g/mol. The first-order chi connectivity index (χ1) is 11.2. The second-order valence-corrected chi connectivity index (χ2v) is 6.82. The third-order valence-electron chi connectivity index (χ3n) is 4.22. The number of nitrogens with one attached hydrogen (secondary N) is 1. The van der Waals surface area contributed by atoms with Crippen molar-refractivity contribution in [2.75, 3.05) is 26.8 Å². The average molecular weight is 334 g/mol. The van der Waals surface area contributed by atoms with Gasteiger partial charge in [-0.25, -0.2) is 4.98 Å². The van der Waals surface area contributed by atoms with Crippen LogP contribution in [0.4, 0.5) is 0 Å². The van der Waals surface area contributed by atoms with Crippen LogP contribution in [0.3, 0.4) is 0 Å². The largest absolute Gasteiger partial charge is 0.384 e. The molecule has 7 heteroatoms. The second kappa shape index (κ2) is 7.23. The van der Waals surface area contributed by atoms with Crippen LogP contribution < -0.4 is 0 Å². The van der Waals surface area contributed by atoms with Gasteiger partial charge in [0.05, 0.1) is 11.5 Å². The van der Waals surface area contributed by atoms with Crippen molar-refractivity contribution in [1.29, 1.82) is 0 Å². The summed E-state index contributed by atoms with van der Waals surface area (Å²) in [6.07, 6.45) is 2.74. The number of H-pyrrole nitrogens is 1. The molecule has 2 aromatic rings. The van der Waals surface area contributed by atoms with Gasteiger partial charge in [0.15, 0.2) is 5.82 Å². The molecule has 6 nitrogen and oxygen atoms in total. The van der Waals surface area contributed by atoms with E-state index in [2.05, 4.69) is 15.2 Å². The lowest BCUT2D eigenvalue weighted by atomic mass is 9.97. The van der Waals surface area contributed by atoms with Crippen molar-refractivity contribution in [3.63, 3.8) is 0 Å². The first-order valence-corrected chi connectivity index (χ1v) is 8.80. The Hall–Kier alpha value is -1.73. The number of aromatic nitrogens is 3. The summed E-state index contributed by atoms with van der Waals surface area (Å²) in [5.41, 5.74) is 1.06. The summed E-state index contributed by atoms with van der Waals surface area (Å²) in [6, 6.07) is 2.00. The summed E-state index contributed by atoms with van der Waals surface area (Å²) >= 11 is 1.52. The highest BCUT2D eigenvalue weighted by Gasteiger charge is 2.28. The van der Waals surface area contributed by atoms with E-state index >= 15 is 0 Å². The molecule has 0 saturated carbocycles. The minimum Gasteiger partial charge on any atom is -0.384 e. The zero-order valence-corrected chi connectivity index (χ0v) is 14.4. The predicted octanol–water partition coefficient (Wildman–Crippen LogP) is 2.38. The Kier molecular flexibility index (Phi) is 5.07. The predicted molar refractivity (Wildman–Crippen MR) is 88.9 cm³/mol. The Morgan fingerprint density at radius 1 is 1.57 bits per heavy atom. The molecule has 0 aliphatic carbocycles. The van der Waals surface area contributed by atoms with Gasteiger partial charge in [-0.2, -0.15) is 5.10 Å². The molecule has 1 amide bonds. The summed E-state index contributed by atoms with van der Waals surface area (Å²) < 4.78 is 5.06. The maximum absolute atomic E-state index is 12.7. The van der Waals surface area contributed by atoms with Crippen LogP contribution in [0.25, 0.3) is 0 Å². The highest BCUT2D eigenvalue weighted by Crippen LogP contribution is 2.27. The van der Waals surface area contributed by atoms with Crippen molar-refractivity contribution in [1.82, 2.24) is 20.1 Å². The van der Waals surface area contributed by atoms with Gasteiger partial charge in [-0.05, 0) is 36.8 Å². The molecule has 1 aliphatic heterocycles. The quantitative estimate of drug-likeness (QED) is 0.911. The first-order valence-electron chi connectivity index (χ1n) is 7.92. The number of aryl methyl sites for hydroxylation is 1. The number of hydrogen-bond acceptors (Lipinski definition) is 5. The average Bonchev–Trinajstić information content (AvgIpc) is 3.21. The molecule has 0 spiro atoms. The number of likely N-dealkylation sites (tertiary alicyclic amines) is 1. The molecule has 23 heavy (non-hydrogen) atoms. The molecule has 1 aliphatic rings. The minimum atomic E-state index is 0.136. The molecule has 0 bridgehead atoms. The van der Waals surface area contributed by atoms with Gasteiger partial charge in [0.2, 0.25) is 0 Å². The van der Waals surface area contributed by atoms with E-state index in [1.807, 2.05) is 23.3 Å². The first kappa shape index (κ1) is 16.1. The van der Waals surface area contributed by atoms with E-state index in [0.29, 0.717) is 13.2 Å². The molecule has 1 unspecified atom stereocenters. The number of thiophene rings is 1. The number of nitrogens with zero attached hydrogens (tertiary/aromatic N) is 3. The van der Waals surface area contributed by atoms with E-state index in [1.165, 1.54) is 11.3 Å². The van der Waals surface area contributed by atoms with Crippen LogP contribution in [-0.2, 0) is 11.2 Å². The summed E-state index contributed by atoms with van der Waals surface area (Å²) in [4.78, 5) is 20.0. The molecule has 0 radical (unpaired) electrons. The van der Waals surface area contributed by atoms with Gasteiger partial charge >= 0.3 is 0 Å². The summed E-state index contributed by atoms with van der Waals surface area (Å²) in [6.45, 7) is 4.12. The number of carbonyl (C=O) groups excluding carboxylic acids is 1. The lowest BCUT2D eigenvalue weighted by molar-refractivity contribution is 0.0709. The zero-order valence-electron chi connectivity index (χ0n) is 13.5. The van der Waals surface area contributed by atoms with E-state index in [1.54, 1.807) is 7.11 Å². The van der Waals surface area contributed by atoms with E-state index in [4.69, 9.17) is 4.74 Å². The lowest BCUT2D eigenvalue weighted by Crippen LogP contribution is -2.39. The van der Waals surface area contributed by atoms with Crippen molar-refractivity contribution in [2.24, 2.45) is 0 Å². The molecule has 3 rings (SSSR count). The molecular formula is C16H22N4O2S. The molecule has 3 heterocycles. The normalized spacial score (nSPS) is 18.3. The maximum atomic E-state index is 12.7. The van der Waals surface area contributed by atoms with Crippen molar-refractivity contribution in [3.05, 3.63) is 33.5 Å². The minimum absolute atomic E-state index is 0.136. The third-order valence-corrected chi connectivity index (χ3v) is 5.23. The Morgan fingerprint density at radius 3 is 3.17 bits per heavy atom. The number of amides is 1. The standard InChI is InChI=1S/C16H22N4O2S/c1-11-6-9-23-14(11)16(21)20-7-3-4-12(10-20)15-17-13(18-19-15)5-8-22-2/h6,9,12H,3-5,7-8,10H2,1-2H3,(H,17,18,19). The van der Waals surface area contributed by atoms with E-state index in [-0.39, 0.29) is 11.8 Å². The molecule has 1 fully saturated rings. The number of hydrogen-bond donors (Lipinski definition) is 1. The topological polar surface area (TPSA) is 71.1 Å². The third kappa shape index (κ3) is 3.61. The number of carbonyl (C=O) groups is 1. The van der Waals surface area contributed by atoms with Gasteiger partial charge in [0.1, 0.15) is 5.82 Å². The van der Waals surface area contributed by atoms with Crippen molar-refractivity contribution in [2.45, 2.75) is 32.1 Å². The van der Waals surface area contributed by atoms with Crippen LogP contribution in [-0.4, -0.2) is 52.8 Å². The number of ether oxygens (including phenoxy) is 1. The maximum Gasteiger partial charge on any atom is 0.264 e. The highest BCUT2D eigenvalue weighted by atomic mass is 32.1. The Bertz CT molecular complexity index is 667. The SMILES string of the molecule is COCCc1nc(C2CCCN(C(=O)c3sccc3C)C2)n[nH]1. The smallest absolute Gasteiger partial charge is 0.264 e. The number of aromatic amines is 1. The number of piperidine rings is 1.